The number of carbonyl (C=O) groups excluding carboxylic acids is 3. The van der Waals surface area contributed by atoms with Gasteiger partial charge in [0.1, 0.15) is 17.7 Å². The number of terminal acetylenes is 1. The van der Waals surface area contributed by atoms with Crippen LogP contribution in [0.4, 0.5) is 4.79 Å². The molecule has 0 saturated carbocycles. The van der Waals surface area contributed by atoms with Crippen LogP contribution < -0.4 is 10.6 Å². The van der Waals surface area contributed by atoms with E-state index in [2.05, 4.69) is 21.5 Å². The molecular formula is C25H33N3O5. The number of aromatic nitrogens is 1. The van der Waals surface area contributed by atoms with Gasteiger partial charge in [0.2, 0.25) is 5.91 Å². The Morgan fingerprint density at radius 2 is 1.85 bits per heavy atom. The monoisotopic (exact) mass is 455 g/mol. The molecule has 0 aliphatic heterocycles. The number of nitrogens with one attached hydrogen (secondary N) is 3. The van der Waals surface area contributed by atoms with Crippen molar-refractivity contribution in [2.75, 3.05) is 7.11 Å². The molecule has 8 nitrogen and oxygen atoms in total. The van der Waals surface area contributed by atoms with Gasteiger partial charge in [-0.1, -0.05) is 43.9 Å². The number of rotatable bonds is 9. The Bertz CT molecular complexity index is 1030. The number of unbranched alkanes of at least 4 members (excludes halogenated alkanes) is 1. The lowest BCUT2D eigenvalue weighted by Gasteiger charge is -2.25. The van der Waals surface area contributed by atoms with E-state index < -0.39 is 35.7 Å². The summed E-state index contributed by atoms with van der Waals surface area (Å²) in [5, 5.41) is 6.21. The highest BCUT2D eigenvalue weighted by molar-refractivity contribution is 5.91. The third kappa shape index (κ3) is 7.28. The average Bonchev–Trinajstić information content (AvgIpc) is 3.11. The van der Waals surface area contributed by atoms with Crippen LogP contribution in [0.25, 0.3) is 10.9 Å². The zero-order valence-corrected chi connectivity index (χ0v) is 19.9. The Morgan fingerprint density at radius 1 is 1.15 bits per heavy atom. The smallest absolute Gasteiger partial charge is 0.408 e. The van der Waals surface area contributed by atoms with Crippen molar-refractivity contribution in [2.45, 2.75) is 71.1 Å². The molecule has 2 aromatic rings. The van der Waals surface area contributed by atoms with E-state index in [1.54, 1.807) is 20.8 Å². The minimum Gasteiger partial charge on any atom is -0.467 e. The van der Waals surface area contributed by atoms with E-state index in [4.69, 9.17) is 15.9 Å². The molecule has 33 heavy (non-hydrogen) atoms. The fourth-order valence-electron chi connectivity index (χ4n) is 3.47. The van der Waals surface area contributed by atoms with E-state index in [1.165, 1.54) is 7.11 Å². The maximum absolute atomic E-state index is 13.2. The van der Waals surface area contributed by atoms with Gasteiger partial charge in [0, 0.05) is 17.3 Å². The molecule has 2 rings (SSSR count). The predicted molar refractivity (Wildman–Crippen MR) is 127 cm³/mol. The van der Waals surface area contributed by atoms with Gasteiger partial charge in [-0.2, -0.15) is 0 Å². The van der Waals surface area contributed by atoms with Gasteiger partial charge in [0.15, 0.2) is 0 Å². The van der Waals surface area contributed by atoms with Crippen molar-refractivity contribution < 1.29 is 23.9 Å². The Kier molecular flexibility index (Phi) is 8.92. The Labute approximate surface area is 194 Å². The van der Waals surface area contributed by atoms with Crippen LogP contribution in [-0.2, 0) is 25.5 Å². The van der Waals surface area contributed by atoms with Crippen molar-refractivity contribution >= 4 is 28.9 Å². The maximum atomic E-state index is 13.2. The van der Waals surface area contributed by atoms with E-state index in [0.29, 0.717) is 17.7 Å². The van der Waals surface area contributed by atoms with Gasteiger partial charge >= 0.3 is 12.1 Å². The summed E-state index contributed by atoms with van der Waals surface area (Å²) in [6.45, 7) is 7.18. The number of fused-ring (bicyclic) bond motifs is 1. The predicted octanol–water partition coefficient (Wildman–Crippen LogP) is 3.43. The number of alkyl carbamates (subject to hydrolysis) is 1. The summed E-state index contributed by atoms with van der Waals surface area (Å²) < 4.78 is 10.2. The molecule has 0 spiro atoms. The summed E-state index contributed by atoms with van der Waals surface area (Å²) in [6.07, 6.45) is 7.06. The molecule has 8 heteroatoms. The third-order valence-electron chi connectivity index (χ3n) is 5.02. The normalized spacial score (nSPS) is 13.0. The van der Waals surface area contributed by atoms with Crippen LogP contribution in [0.15, 0.2) is 24.3 Å². The average molecular weight is 456 g/mol. The number of hydrogen-bond acceptors (Lipinski definition) is 5. The molecule has 0 saturated heterocycles. The number of aromatic amines is 1. The van der Waals surface area contributed by atoms with Crippen molar-refractivity contribution in [3.8, 4) is 12.3 Å². The van der Waals surface area contributed by atoms with E-state index >= 15 is 0 Å². The lowest BCUT2D eigenvalue weighted by molar-refractivity contribution is -0.145. The van der Waals surface area contributed by atoms with Gasteiger partial charge in [-0.05, 0) is 38.8 Å². The van der Waals surface area contributed by atoms with Crippen LogP contribution in [0.5, 0.6) is 0 Å². The number of amides is 2. The molecule has 0 bridgehead atoms. The summed E-state index contributed by atoms with van der Waals surface area (Å²) in [6, 6.07) is 5.67. The minimum absolute atomic E-state index is 0.107. The molecule has 2 amide bonds. The van der Waals surface area contributed by atoms with Crippen molar-refractivity contribution in [2.24, 2.45) is 0 Å². The molecule has 1 aromatic carbocycles. The van der Waals surface area contributed by atoms with Gasteiger partial charge in [0.05, 0.1) is 12.8 Å². The molecule has 1 heterocycles. The second-order valence-corrected chi connectivity index (χ2v) is 8.80. The number of ether oxygens (including phenoxy) is 2. The fourth-order valence-corrected chi connectivity index (χ4v) is 3.47. The number of H-pyrrole nitrogens is 1. The van der Waals surface area contributed by atoms with Crippen molar-refractivity contribution in [1.29, 1.82) is 0 Å². The first-order valence-electron chi connectivity index (χ1n) is 11.0. The maximum Gasteiger partial charge on any atom is 0.408 e. The Morgan fingerprint density at radius 3 is 2.45 bits per heavy atom. The van der Waals surface area contributed by atoms with Gasteiger partial charge in [0.25, 0.3) is 0 Å². The second-order valence-electron chi connectivity index (χ2n) is 8.80. The number of benzene rings is 1. The SMILES string of the molecule is C#Cc1[nH]c2ccccc2c1C[C@@H](NC(=O)OC(C)(C)C)C(=O)N[C@H](CCCC)C(=O)OC. The molecule has 0 radical (unpaired) electrons. The molecule has 1 aromatic heterocycles. The van der Waals surface area contributed by atoms with Crippen LogP contribution in [0.3, 0.4) is 0 Å². The highest BCUT2D eigenvalue weighted by Crippen LogP contribution is 2.23. The van der Waals surface area contributed by atoms with E-state index in [-0.39, 0.29) is 6.42 Å². The summed E-state index contributed by atoms with van der Waals surface area (Å²) in [5.41, 5.74) is 1.32. The van der Waals surface area contributed by atoms with Gasteiger partial charge in [-0.25, -0.2) is 9.59 Å². The lowest BCUT2D eigenvalue weighted by atomic mass is 10.0. The molecule has 0 unspecified atom stereocenters. The summed E-state index contributed by atoms with van der Waals surface area (Å²) in [5.74, 6) is 1.55. The topological polar surface area (TPSA) is 110 Å². The first-order chi connectivity index (χ1) is 15.6. The number of carbonyl (C=O) groups is 3. The fraction of sp³-hybridized carbons (Fsp3) is 0.480. The Balaban J connectivity index is 2.35. The van der Waals surface area contributed by atoms with E-state index in [9.17, 15) is 14.4 Å². The molecule has 0 aliphatic carbocycles. The molecule has 0 fully saturated rings. The quantitative estimate of drug-likeness (QED) is 0.396. The standard InChI is InChI=1S/C25H33N3O5/c1-7-9-13-20(23(30)32-6)27-22(29)21(28-24(31)33-25(3,4)5)15-17-16-12-10-11-14-19(16)26-18(17)8-2/h2,10-12,14,20-21,26H,7,9,13,15H2,1,3-6H3,(H,27,29)(H,28,31)/t20-,21-/m1/s1. The molecule has 0 aliphatic rings. The van der Waals surface area contributed by atoms with Crippen molar-refractivity contribution in [1.82, 2.24) is 15.6 Å². The number of esters is 1. The van der Waals surface area contributed by atoms with Gasteiger partial charge < -0.3 is 25.1 Å². The first-order valence-corrected chi connectivity index (χ1v) is 11.0. The highest BCUT2D eigenvalue weighted by Gasteiger charge is 2.30. The summed E-state index contributed by atoms with van der Waals surface area (Å²) in [4.78, 5) is 41.1. The lowest BCUT2D eigenvalue weighted by Crippen LogP contribution is -2.53. The van der Waals surface area contributed by atoms with E-state index in [1.807, 2.05) is 31.2 Å². The molecule has 3 N–H and O–H groups in total. The summed E-state index contributed by atoms with van der Waals surface area (Å²) in [7, 11) is 1.27. The van der Waals surface area contributed by atoms with Gasteiger partial charge in [-0.15, -0.1) is 6.42 Å². The third-order valence-corrected chi connectivity index (χ3v) is 5.02. The summed E-state index contributed by atoms with van der Waals surface area (Å²) >= 11 is 0. The zero-order chi connectivity index (χ0) is 24.6. The number of methoxy groups -OCH3 is 1. The molecule has 2 atom stereocenters. The van der Waals surface area contributed by atoms with Crippen LogP contribution in [-0.4, -0.2) is 47.7 Å². The van der Waals surface area contributed by atoms with E-state index in [0.717, 1.165) is 23.7 Å². The zero-order valence-electron chi connectivity index (χ0n) is 19.9. The Hall–Kier alpha value is -3.47. The van der Waals surface area contributed by atoms with Crippen LogP contribution in [0.2, 0.25) is 0 Å². The van der Waals surface area contributed by atoms with Gasteiger partial charge in [-0.3, -0.25) is 4.79 Å². The molecule has 178 valence electrons. The second kappa shape index (κ2) is 11.4. The van der Waals surface area contributed by atoms with Crippen LogP contribution in [0, 0.1) is 12.3 Å². The van der Waals surface area contributed by atoms with Crippen LogP contribution in [0.1, 0.15) is 58.2 Å². The van der Waals surface area contributed by atoms with Crippen LogP contribution >= 0.6 is 0 Å². The van der Waals surface area contributed by atoms with Crippen molar-refractivity contribution in [3.63, 3.8) is 0 Å². The highest BCUT2D eigenvalue weighted by atomic mass is 16.6. The largest absolute Gasteiger partial charge is 0.467 e. The minimum atomic E-state index is -1.03. The number of hydrogen-bond donors (Lipinski definition) is 3. The van der Waals surface area contributed by atoms with Crippen molar-refractivity contribution in [3.05, 3.63) is 35.5 Å². The molecular weight excluding hydrogens is 422 g/mol. The number of para-hydroxylation sites is 1. The first kappa shape index (κ1) is 25.8.